The van der Waals surface area contributed by atoms with E-state index in [2.05, 4.69) is 0 Å². The number of benzene rings is 1. The van der Waals surface area contributed by atoms with Crippen LogP contribution in [0.4, 0.5) is 8.78 Å². The van der Waals surface area contributed by atoms with E-state index in [9.17, 15) is 13.6 Å². The van der Waals surface area contributed by atoms with Gasteiger partial charge in [0.05, 0.1) is 12.5 Å². The van der Waals surface area contributed by atoms with E-state index >= 15 is 0 Å². The molecule has 122 valence electrons. The number of halogens is 3. The first kappa shape index (κ1) is 17.0. The molecule has 1 fully saturated rings. The van der Waals surface area contributed by atoms with Gasteiger partial charge in [-0.05, 0) is 30.7 Å². The van der Waals surface area contributed by atoms with Crippen molar-refractivity contribution in [1.29, 1.82) is 0 Å². The fourth-order valence-corrected chi connectivity index (χ4v) is 2.63. The molecule has 22 heavy (non-hydrogen) atoms. The number of hydrogen-bond acceptors (Lipinski definition) is 3. The largest absolute Gasteiger partial charge is 0.483 e. The van der Waals surface area contributed by atoms with Gasteiger partial charge in [-0.25, -0.2) is 8.78 Å². The topological polar surface area (TPSA) is 49.8 Å². The van der Waals surface area contributed by atoms with Crippen molar-refractivity contribution >= 4 is 17.5 Å². The Kier molecular flexibility index (Phi) is 5.24. The number of nitrogens with zero attached hydrogens (tertiary/aromatic N) is 1. The second-order valence-electron chi connectivity index (χ2n) is 5.43. The summed E-state index contributed by atoms with van der Waals surface area (Å²) in [6.45, 7) is 0.728. The van der Waals surface area contributed by atoms with Crippen LogP contribution in [-0.2, 0) is 4.79 Å². The Morgan fingerprint density at radius 1 is 1.55 bits per heavy atom. The molecule has 1 heterocycles. The summed E-state index contributed by atoms with van der Waals surface area (Å²) in [4.78, 5) is 13.4. The predicted molar refractivity (Wildman–Crippen MR) is 78.4 cm³/mol. The number of carbonyl (C=O) groups excluding carboxylic acids is 1. The summed E-state index contributed by atoms with van der Waals surface area (Å²) in [5.74, 6) is -4.00. The molecule has 0 bridgehead atoms. The SMILES string of the molecule is Cc1cc(Cl)ccc1OCC(=O)N1CCC(F)(F)C(CO)C1. The fourth-order valence-electron chi connectivity index (χ4n) is 2.40. The van der Waals surface area contributed by atoms with Crippen molar-refractivity contribution in [2.45, 2.75) is 19.3 Å². The van der Waals surface area contributed by atoms with Crippen molar-refractivity contribution in [1.82, 2.24) is 4.90 Å². The highest BCUT2D eigenvalue weighted by atomic mass is 35.5. The highest BCUT2D eigenvalue weighted by Crippen LogP contribution is 2.33. The third-order valence-electron chi connectivity index (χ3n) is 3.81. The monoisotopic (exact) mass is 333 g/mol. The van der Waals surface area contributed by atoms with Crippen molar-refractivity contribution in [3.05, 3.63) is 28.8 Å². The smallest absolute Gasteiger partial charge is 0.260 e. The summed E-state index contributed by atoms with van der Waals surface area (Å²) < 4.78 is 32.4. The minimum absolute atomic E-state index is 0.0364. The van der Waals surface area contributed by atoms with Gasteiger partial charge in [0.15, 0.2) is 6.61 Å². The summed E-state index contributed by atoms with van der Waals surface area (Å²) in [5.41, 5.74) is 0.790. The first-order valence-electron chi connectivity index (χ1n) is 6.99. The summed E-state index contributed by atoms with van der Waals surface area (Å²) in [6, 6.07) is 5.02. The molecule has 2 rings (SSSR count). The molecule has 1 N–H and O–H groups in total. The number of alkyl halides is 2. The van der Waals surface area contributed by atoms with Gasteiger partial charge in [-0.2, -0.15) is 0 Å². The highest BCUT2D eigenvalue weighted by molar-refractivity contribution is 6.30. The van der Waals surface area contributed by atoms with Gasteiger partial charge in [-0.15, -0.1) is 0 Å². The minimum Gasteiger partial charge on any atom is -0.483 e. The zero-order valence-electron chi connectivity index (χ0n) is 12.2. The van der Waals surface area contributed by atoms with Crippen molar-refractivity contribution in [3.8, 4) is 5.75 Å². The third kappa shape index (κ3) is 3.87. The number of amides is 1. The number of likely N-dealkylation sites (tertiary alicyclic amines) is 1. The van der Waals surface area contributed by atoms with Gasteiger partial charge in [-0.1, -0.05) is 11.6 Å². The van der Waals surface area contributed by atoms with Crippen LogP contribution in [0.25, 0.3) is 0 Å². The van der Waals surface area contributed by atoms with Crippen LogP contribution in [0.2, 0.25) is 5.02 Å². The molecule has 4 nitrogen and oxygen atoms in total. The molecule has 0 spiro atoms. The van der Waals surface area contributed by atoms with Crippen molar-refractivity contribution in [2.24, 2.45) is 5.92 Å². The Balaban J connectivity index is 1.92. The number of aliphatic hydroxyl groups excluding tert-OH is 1. The van der Waals surface area contributed by atoms with Gasteiger partial charge >= 0.3 is 0 Å². The molecule has 7 heteroatoms. The molecule has 1 aliphatic rings. The van der Waals surface area contributed by atoms with E-state index < -0.39 is 24.9 Å². The molecule has 1 aliphatic heterocycles. The quantitative estimate of drug-likeness (QED) is 0.921. The third-order valence-corrected chi connectivity index (χ3v) is 4.05. The number of piperidine rings is 1. The predicted octanol–water partition coefficient (Wildman–Crippen LogP) is 2.50. The molecule has 1 saturated heterocycles. The van der Waals surface area contributed by atoms with Crippen LogP contribution < -0.4 is 4.74 Å². The lowest BCUT2D eigenvalue weighted by molar-refractivity contribution is -0.150. The van der Waals surface area contributed by atoms with E-state index in [4.69, 9.17) is 21.4 Å². The lowest BCUT2D eigenvalue weighted by Crippen LogP contribution is -2.51. The maximum atomic E-state index is 13.5. The van der Waals surface area contributed by atoms with Crippen LogP contribution in [-0.4, -0.2) is 48.1 Å². The Bertz CT molecular complexity index is 554. The maximum absolute atomic E-state index is 13.5. The van der Waals surface area contributed by atoms with Crippen molar-refractivity contribution in [2.75, 3.05) is 26.3 Å². The first-order valence-corrected chi connectivity index (χ1v) is 7.36. The number of ether oxygens (including phenoxy) is 1. The molecule has 1 aromatic carbocycles. The van der Waals surface area contributed by atoms with Crippen LogP contribution in [0.1, 0.15) is 12.0 Å². The van der Waals surface area contributed by atoms with Gasteiger partial charge < -0.3 is 14.7 Å². The van der Waals surface area contributed by atoms with E-state index in [0.717, 1.165) is 5.56 Å². The Hall–Kier alpha value is -1.40. The van der Waals surface area contributed by atoms with Gasteiger partial charge in [0.2, 0.25) is 0 Å². The van der Waals surface area contributed by atoms with Crippen LogP contribution in [0.5, 0.6) is 5.75 Å². The zero-order valence-corrected chi connectivity index (χ0v) is 12.9. The molecule has 1 amide bonds. The second kappa shape index (κ2) is 6.79. The molecule has 0 aliphatic carbocycles. The van der Waals surface area contributed by atoms with Crippen molar-refractivity contribution < 1.29 is 23.4 Å². The van der Waals surface area contributed by atoms with Crippen LogP contribution in [0, 0.1) is 12.8 Å². The van der Waals surface area contributed by atoms with Crippen LogP contribution in [0.15, 0.2) is 18.2 Å². The lowest BCUT2D eigenvalue weighted by atomic mass is 9.94. The summed E-state index contributed by atoms with van der Waals surface area (Å²) in [7, 11) is 0. The summed E-state index contributed by atoms with van der Waals surface area (Å²) in [5, 5.41) is 9.60. The van der Waals surface area contributed by atoms with E-state index in [1.54, 1.807) is 25.1 Å². The van der Waals surface area contributed by atoms with Crippen molar-refractivity contribution in [3.63, 3.8) is 0 Å². The molecular weight excluding hydrogens is 316 g/mol. The van der Waals surface area contributed by atoms with E-state index in [1.807, 2.05) is 0 Å². The Labute approximate surface area is 132 Å². The zero-order chi connectivity index (χ0) is 16.3. The average molecular weight is 334 g/mol. The van der Waals surface area contributed by atoms with Crippen LogP contribution >= 0.6 is 11.6 Å². The highest BCUT2D eigenvalue weighted by Gasteiger charge is 2.44. The van der Waals surface area contributed by atoms with Crippen LogP contribution in [0.3, 0.4) is 0 Å². The Morgan fingerprint density at radius 3 is 2.91 bits per heavy atom. The standard InChI is InChI=1S/C15H18ClF2NO3/c1-10-6-12(16)2-3-13(10)22-9-14(21)19-5-4-15(17,18)11(7-19)8-20/h2-3,6,11,20H,4-5,7-9H2,1H3. The molecule has 1 atom stereocenters. The molecule has 0 saturated carbocycles. The van der Waals surface area contributed by atoms with Gasteiger partial charge in [-0.3, -0.25) is 4.79 Å². The van der Waals surface area contributed by atoms with E-state index in [0.29, 0.717) is 10.8 Å². The molecule has 0 aromatic heterocycles. The van der Waals surface area contributed by atoms with Gasteiger partial charge in [0, 0.05) is 24.5 Å². The molecule has 1 aromatic rings. The number of rotatable bonds is 4. The number of aryl methyl sites for hydroxylation is 1. The summed E-state index contributed by atoms with van der Waals surface area (Å²) >= 11 is 5.83. The number of carbonyl (C=O) groups is 1. The van der Waals surface area contributed by atoms with E-state index in [-0.39, 0.29) is 25.6 Å². The maximum Gasteiger partial charge on any atom is 0.260 e. The lowest BCUT2D eigenvalue weighted by Gasteiger charge is -2.37. The average Bonchev–Trinajstić information content (AvgIpc) is 2.45. The molecule has 0 radical (unpaired) electrons. The number of aliphatic hydroxyl groups is 1. The second-order valence-corrected chi connectivity index (χ2v) is 5.87. The summed E-state index contributed by atoms with van der Waals surface area (Å²) in [6.07, 6.45) is -0.441. The first-order chi connectivity index (χ1) is 10.3. The number of hydrogen-bond donors (Lipinski definition) is 1. The van der Waals surface area contributed by atoms with Gasteiger partial charge in [0.25, 0.3) is 11.8 Å². The molecular formula is C15H18ClF2NO3. The normalized spacial score (nSPS) is 20.8. The van der Waals surface area contributed by atoms with E-state index in [1.165, 1.54) is 4.90 Å². The fraction of sp³-hybridized carbons (Fsp3) is 0.533. The Morgan fingerprint density at radius 2 is 2.27 bits per heavy atom. The minimum atomic E-state index is -2.93. The van der Waals surface area contributed by atoms with Gasteiger partial charge in [0.1, 0.15) is 5.75 Å². The molecule has 1 unspecified atom stereocenters.